The third-order valence-electron chi connectivity index (χ3n) is 3.44. The molecule has 6 heteroatoms. The van der Waals surface area contributed by atoms with Crippen molar-refractivity contribution in [3.05, 3.63) is 27.0 Å². The first-order valence-electron chi connectivity index (χ1n) is 6.10. The van der Waals surface area contributed by atoms with Gasteiger partial charge >= 0.3 is 0 Å². The molecular formula is C13H15Cl3N2O. The molecule has 0 aromatic carbocycles. The summed E-state index contributed by atoms with van der Waals surface area (Å²) in [5, 5.41) is 3.45. The predicted molar refractivity (Wildman–Crippen MR) is 78.2 cm³/mol. The minimum atomic E-state index is -0.300. The van der Waals surface area contributed by atoms with Crippen LogP contribution in [-0.2, 0) is 0 Å². The summed E-state index contributed by atoms with van der Waals surface area (Å²) in [4.78, 5) is 16.1. The van der Waals surface area contributed by atoms with Crippen molar-refractivity contribution in [1.29, 1.82) is 0 Å². The smallest absolute Gasteiger partial charge is 0.271 e. The van der Waals surface area contributed by atoms with Crippen LogP contribution in [0, 0.1) is 5.41 Å². The summed E-state index contributed by atoms with van der Waals surface area (Å²) in [7, 11) is 0. The summed E-state index contributed by atoms with van der Waals surface area (Å²) < 4.78 is 0. The highest BCUT2D eigenvalue weighted by atomic mass is 35.5. The fourth-order valence-corrected chi connectivity index (χ4v) is 2.98. The maximum Gasteiger partial charge on any atom is 0.271 e. The minimum Gasteiger partial charge on any atom is -0.348 e. The molecule has 1 N–H and O–H groups in total. The Hall–Kier alpha value is -0.510. The van der Waals surface area contributed by atoms with Crippen LogP contribution in [0.1, 0.15) is 43.6 Å². The normalized spacial score (nSPS) is 21.4. The van der Waals surface area contributed by atoms with Crippen molar-refractivity contribution in [2.45, 2.75) is 39.2 Å². The molecule has 1 amide bonds. The number of aromatic nitrogens is 1. The predicted octanol–water partition coefficient (Wildman–Crippen LogP) is 4.35. The molecule has 1 aromatic rings. The Morgan fingerprint density at radius 2 is 2.05 bits per heavy atom. The van der Waals surface area contributed by atoms with Crippen LogP contribution >= 0.6 is 34.8 Å². The van der Waals surface area contributed by atoms with E-state index in [1.54, 1.807) is 0 Å². The van der Waals surface area contributed by atoms with Crippen molar-refractivity contribution >= 4 is 40.7 Å². The fraction of sp³-hybridized carbons (Fsp3) is 0.538. The summed E-state index contributed by atoms with van der Waals surface area (Å²) in [5.41, 5.74) is 0.396. The largest absolute Gasteiger partial charge is 0.348 e. The second-order valence-corrected chi connectivity index (χ2v) is 6.82. The summed E-state index contributed by atoms with van der Waals surface area (Å²) in [5.74, 6) is -0.300. The van der Waals surface area contributed by atoms with Crippen LogP contribution in [-0.4, -0.2) is 16.9 Å². The van der Waals surface area contributed by atoms with Crippen molar-refractivity contribution < 1.29 is 4.79 Å². The molecule has 1 aliphatic rings. The van der Waals surface area contributed by atoms with E-state index in [9.17, 15) is 4.79 Å². The van der Waals surface area contributed by atoms with Crippen LogP contribution < -0.4 is 5.32 Å². The van der Waals surface area contributed by atoms with E-state index in [0.717, 1.165) is 19.3 Å². The molecule has 0 radical (unpaired) electrons. The van der Waals surface area contributed by atoms with Crippen molar-refractivity contribution in [3.63, 3.8) is 0 Å². The lowest BCUT2D eigenvalue weighted by molar-refractivity contribution is 0.0931. The Labute approximate surface area is 127 Å². The van der Waals surface area contributed by atoms with Gasteiger partial charge in [-0.15, -0.1) is 0 Å². The zero-order valence-electron chi connectivity index (χ0n) is 10.8. The molecule has 1 aliphatic carbocycles. The minimum absolute atomic E-state index is 0.101. The van der Waals surface area contributed by atoms with Crippen molar-refractivity contribution in [1.82, 2.24) is 10.3 Å². The lowest BCUT2D eigenvalue weighted by atomic mass is 9.92. The molecule has 2 rings (SSSR count). The maximum absolute atomic E-state index is 12.1. The highest BCUT2D eigenvalue weighted by Crippen LogP contribution is 2.37. The lowest BCUT2D eigenvalue weighted by Gasteiger charge is -2.18. The lowest BCUT2D eigenvalue weighted by Crippen LogP contribution is -2.34. The van der Waals surface area contributed by atoms with E-state index in [1.165, 1.54) is 6.20 Å². The molecule has 0 spiro atoms. The van der Waals surface area contributed by atoms with Crippen LogP contribution in [0.2, 0.25) is 15.1 Å². The number of amides is 1. The number of hydrogen-bond acceptors (Lipinski definition) is 2. The number of nitrogens with one attached hydrogen (secondary N) is 1. The molecule has 0 saturated heterocycles. The Balaban J connectivity index is 2.11. The molecule has 1 atom stereocenters. The van der Waals surface area contributed by atoms with Crippen LogP contribution in [0.5, 0.6) is 0 Å². The Bertz CT molecular complexity index is 517. The van der Waals surface area contributed by atoms with Crippen molar-refractivity contribution in [3.8, 4) is 0 Å². The van der Waals surface area contributed by atoms with E-state index < -0.39 is 0 Å². The Morgan fingerprint density at radius 1 is 1.37 bits per heavy atom. The Kier molecular flexibility index (Phi) is 4.29. The van der Waals surface area contributed by atoms with Gasteiger partial charge in [-0.2, -0.15) is 0 Å². The van der Waals surface area contributed by atoms with Gasteiger partial charge in [-0.1, -0.05) is 48.7 Å². The zero-order chi connectivity index (χ0) is 14.2. The molecule has 104 valence electrons. The molecule has 1 saturated carbocycles. The average molecular weight is 322 g/mol. The topological polar surface area (TPSA) is 42.0 Å². The number of hydrogen-bond donors (Lipinski definition) is 1. The first-order chi connectivity index (χ1) is 8.80. The highest BCUT2D eigenvalue weighted by Gasteiger charge is 2.32. The summed E-state index contributed by atoms with van der Waals surface area (Å²) >= 11 is 17.7. The number of carbonyl (C=O) groups is 1. The van der Waals surface area contributed by atoms with Crippen LogP contribution in [0.4, 0.5) is 0 Å². The van der Waals surface area contributed by atoms with Gasteiger partial charge in [-0.25, -0.2) is 4.98 Å². The summed E-state index contributed by atoms with van der Waals surface area (Å²) in [6, 6.07) is 0.162. The second kappa shape index (κ2) is 5.47. The van der Waals surface area contributed by atoms with Gasteiger partial charge in [-0.05, 0) is 24.7 Å². The van der Waals surface area contributed by atoms with Gasteiger partial charge in [-0.3, -0.25) is 4.79 Å². The molecule has 1 unspecified atom stereocenters. The quantitative estimate of drug-likeness (QED) is 0.880. The molecule has 1 aromatic heterocycles. The average Bonchev–Trinajstić information content (AvgIpc) is 2.65. The van der Waals surface area contributed by atoms with Gasteiger partial charge < -0.3 is 5.32 Å². The molecular weight excluding hydrogens is 307 g/mol. The van der Waals surface area contributed by atoms with Gasteiger partial charge in [0, 0.05) is 12.2 Å². The first kappa shape index (κ1) is 14.9. The number of nitrogens with zero attached hydrogens (tertiary/aromatic N) is 1. The van der Waals surface area contributed by atoms with Crippen molar-refractivity contribution in [2.75, 3.05) is 0 Å². The third kappa shape index (κ3) is 3.33. The van der Waals surface area contributed by atoms with Crippen LogP contribution in [0.15, 0.2) is 6.20 Å². The highest BCUT2D eigenvalue weighted by molar-refractivity contribution is 6.48. The van der Waals surface area contributed by atoms with Crippen LogP contribution in [0.3, 0.4) is 0 Å². The Morgan fingerprint density at radius 3 is 2.63 bits per heavy atom. The standard InChI is InChI=1S/C13H15Cl3N2O/c1-13(2)4-3-7(5-13)18-12(19)11-10(16)9(15)8(14)6-17-11/h6-7H,3-5H2,1-2H3,(H,18,19). The van der Waals surface area contributed by atoms with E-state index in [1.807, 2.05) is 0 Å². The van der Waals surface area contributed by atoms with Crippen LogP contribution in [0.25, 0.3) is 0 Å². The number of pyridine rings is 1. The van der Waals surface area contributed by atoms with Gasteiger partial charge in [0.2, 0.25) is 0 Å². The zero-order valence-corrected chi connectivity index (χ0v) is 13.0. The molecule has 0 aliphatic heterocycles. The molecule has 0 bridgehead atoms. The SMILES string of the molecule is CC1(C)CCC(NC(=O)c2ncc(Cl)c(Cl)c2Cl)C1. The monoisotopic (exact) mass is 320 g/mol. The number of carbonyl (C=O) groups excluding carboxylic acids is 1. The van der Waals surface area contributed by atoms with Gasteiger partial charge in [0.1, 0.15) is 5.69 Å². The van der Waals surface area contributed by atoms with Gasteiger partial charge in [0.05, 0.1) is 15.1 Å². The van der Waals surface area contributed by atoms with Gasteiger partial charge in [0.15, 0.2) is 0 Å². The summed E-state index contributed by atoms with van der Waals surface area (Å²) in [6.45, 7) is 4.40. The molecule has 1 heterocycles. The molecule has 1 fully saturated rings. The first-order valence-corrected chi connectivity index (χ1v) is 7.24. The van der Waals surface area contributed by atoms with E-state index >= 15 is 0 Å². The summed E-state index contributed by atoms with van der Waals surface area (Å²) in [6.07, 6.45) is 4.36. The van der Waals surface area contributed by atoms with Crippen molar-refractivity contribution in [2.24, 2.45) is 5.41 Å². The van der Waals surface area contributed by atoms with E-state index in [-0.39, 0.29) is 38.1 Å². The fourth-order valence-electron chi connectivity index (χ4n) is 2.41. The molecule has 19 heavy (non-hydrogen) atoms. The molecule has 3 nitrogen and oxygen atoms in total. The second-order valence-electron chi connectivity index (χ2n) is 5.66. The van der Waals surface area contributed by atoms with E-state index in [0.29, 0.717) is 0 Å². The number of rotatable bonds is 2. The number of halogens is 3. The maximum atomic E-state index is 12.1. The third-order valence-corrected chi connectivity index (χ3v) is 4.68. The van der Waals surface area contributed by atoms with Gasteiger partial charge in [0.25, 0.3) is 5.91 Å². The van der Waals surface area contributed by atoms with E-state index in [4.69, 9.17) is 34.8 Å². The van der Waals surface area contributed by atoms with E-state index in [2.05, 4.69) is 24.1 Å².